The number of aliphatic hydroxyl groups is 1. The number of hydrogen-bond donors (Lipinski definition) is 2. The Bertz CT molecular complexity index is 967. The van der Waals surface area contributed by atoms with Gasteiger partial charge in [-0.1, -0.05) is 12.1 Å². The molecule has 1 aliphatic rings. The van der Waals surface area contributed by atoms with Crippen LogP contribution in [0.25, 0.3) is 0 Å². The zero-order valence-corrected chi connectivity index (χ0v) is 18.0. The van der Waals surface area contributed by atoms with E-state index in [0.29, 0.717) is 23.5 Å². The molecule has 2 aromatic rings. The van der Waals surface area contributed by atoms with Crippen LogP contribution in [-0.2, 0) is 0 Å². The number of likely N-dealkylation sites (tertiary alicyclic amines) is 1. The minimum Gasteiger partial charge on any atom is -0.378 e. The Kier molecular flexibility index (Phi) is 7.47. The molecule has 3 atom stereocenters. The van der Waals surface area contributed by atoms with Gasteiger partial charge in [0.25, 0.3) is 5.91 Å². The number of carbonyl (C=O) groups excluding carboxylic acids is 1. The molecule has 0 radical (unpaired) electrons. The molecule has 3 unspecified atom stereocenters. The lowest BCUT2D eigenvalue weighted by atomic mass is 9.93. The highest BCUT2D eigenvalue weighted by molar-refractivity contribution is 7.09. The minimum atomic E-state index is -4.79. The first-order chi connectivity index (χ1) is 15.1. The highest BCUT2D eigenvalue weighted by atomic mass is 32.1. The summed E-state index contributed by atoms with van der Waals surface area (Å²) in [5, 5.41) is 15.7. The number of benzene rings is 1. The Hall–Kier alpha value is -2.57. The Labute approximate surface area is 186 Å². The van der Waals surface area contributed by atoms with Crippen molar-refractivity contribution in [2.24, 2.45) is 10.9 Å². The van der Waals surface area contributed by atoms with E-state index in [-0.39, 0.29) is 30.0 Å². The molecule has 2 heterocycles. The maximum Gasteiger partial charge on any atom is 0.420 e. The number of piperidine rings is 1. The van der Waals surface area contributed by atoms with Gasteiger partial charge in [-0.3, -0.25) is 4.79 Å². The minimum absolute atomic E-state index is 0.118. The van der Waals surface area contributed by atoms with Crippen LogP contribution >= 0.6 is 11.3 Å². The average molecular weight is 473 g/mol. The number of para-hydroxylation sites is 1. The number of alkyl halides is 4. The molecule has 3 rings (SSSR count). The molecule has 1 amide bonds. The number of aliphatic hydroxyl groups excluding tert-OH is 1. The molecule has 0 spiro atoms. The quantitative estimate of drug-likeness (QED) is 0.288. The summed E-state index contributed by atoms with van der Waals surface area (Å²) in [6.07, 6.45) is -5.19. The number of halogens is 4. The van der Waals surface area contributed by atoms with Crippen LogP contribution in [-0.4, -0.2) is 52.5 Å². The van der Waals surface area contributed by atoms with Gasteiger partial charge in [0.15, 0.2) is 6.10 Å². The summed E-state index contributed by atoms with van der Waals surface area (Å²) in [5.74, 6) is 5.26. The molecule has 1 fully saturated rings. The molecule has 32 heavy (non-hydrogen) atoms. The second-order valence-corrected chi connectivity index (χ2v) is 8.34. The van der Waals surface area contributed by atoms with Crippen LogP contribution in [0.1, 0.15) is 52.8 Å². The fourth-order valence-electron chi connectivity index (χ4n) is 3.56. The number of nitrogens with two attached hydrogens (primary N) is 1. The van der Waals surface area contributed by atoms with Crippen molar-refractivity contribution in [3.8, 4) is 0 Å². The first kappa shape index (κ1) is 24.1. The lowest BCUT2D eigenvalue weighted by Gasteiger charge is -2.38. The SMILES string of the molecule is CC1CCC(c2nc(C(O)C(F)(F)F)cs2)CN1C(=O)c1ccccc1N(N)N=CCF. The largest absolute Gasteiger partial charge is 0.420 e. The third kappa shape index (κ3) is 5.25. The molecular weight excluding hydrogens is 450 g/mol. The molecule has 1 aromatic heterocycles. The fraction of sp³-hybridized carbons (Fsp3) is 0.450. The van der Waals surface area contributed by atoms with Crippen LogP contribution < -0.4 is 11.0 Å². The number of rotatable bonds is 6. The van der Waals surface area contributed by atoms with Gasteiger partial charge >= 0.3 is 6.18 Å². The maximum absolute atomic E-state index is 13.3. The van der Waals surface area contributed by atoms with Gasteiger partial charge in [-0.2, -0.15) is 23.4 Å². The molecular formula is C20H23F4N5O2S. The predicted molar refractivity (Wildman–Crippen MR) is 113 cm³/mol. The third-order valence-corrected chi connectivity index (χ3v) is 6.30. The van der Waals surface area contributed by atoms with Crippen LogP contribution in [0, 0.1) is 0 Å². The number of hydrazone groups is 1. The van der Waals surface area contributed by atoms with Crippen molar-refractivity contribution in [2.45, 2.75) is 44.0 Å². The van der Waals surface area contributed by atoms with Gasteiger partial charge in [0.1, 0.15) is 6.67 Å². The van der Waals surface area contributed by atoms with Gasteiger partial charge in [0.2, 0.25) is 0 Å². The van der Waals surface area contributed by atoms with Gasteiger partial charge in [0.05, 0.1) is 28.2 Å². The van der Waals surface area contributed by atoms with Gasteiger partial charge in [-0.15, -0.1) is 11.3 Å². The second kappa shape index (κ2) is 9.92. The molecule has 0 saturated carbocycles. The van der Waals surface area contributed by atoms with Crippen LogP contribution in [0.15, 0.2) is 34.7 Å². The molecule has 1 aliphatic heterocycles. The van der Waals surface area contributed by atoms with Crippen LogP contribution in [0.2, 0.25) is 0 Å². The first-order valence-electron chi connectivity index (χ1n) is 9.86. The highest BCUT2D eigenvalue weighted by Crippen LogP contribution is 2.37. The number of hydrazine groups is 1. The summed E-state index contributed by atoms with van der Waals surface area (Å²) in [6.45, 7) is 1.33. The second-order valence-electron chi connectivity index (χ2n) is 7.45. The summed E-state index contributed by atoms with van der Waals surface area (Å²) in [4.78, 5) is 19.0. The van der Waals surface area contributed by atoms with E-state index in [2.05, 4.69) is 10.1 Å². The molecule has 1 saturated heterocycles. The van der Waals surface area contributed by atoms with Crippen molar-refractivity contribution in [3.63, 3.8) is 0 Å². The van der Waals surface area contributed by atoms with Crippen molar-refractivity contribution in [1.82, 2.24) is 9.88 Å². The van der Waals surface area contributed by atoms with E-state index in [4.69, 9.17) is 5.84 Å². The van der Waals surface area contributed by atoms with Crippen molar-refractivity contribution >= 4 is 29.1 Å². The molecule has 174 valence electrons. The van der Waals surface area contributed by atoms with Crippen molar-refractivity contribution in [2.75, 3.05) is 18.3 Å². The Morgan fingerprint density at radius 2 is 2.16 bits per heavy atom. The zero-order valence-electron chi connectivity index (χ0n) is 17.2. The highest BCUT2D eigenvalue weighted by Gasteiger charge is 2.41. The van der Waals surface area contributed by atoms with Crippen molar-refractivity contribution in [3.05, 3.63) is 45.9 Å². The van der Waals surface area contributed by atoms with E-state index in [1.54, 1.807) is 29.2 Å². The third-order valence-electron chi connectivity index (χ3n) is 5.28. The Morgan fingerprint density at radius 1 is 1.44 bits per heavy atom. The number of aromatic nitrogens is 1. The fourth-order valence-corrected chi connectivity index (χ4v) is 4.53. The van der Waals surface area contributed by atoms with E-state index in [9.17, 15) is 27.5 Å². The van der Waals surface area contributed by atoms with E-state index in [1.165, 1.54) is 5.38 Å². The molecule has 1 aromatic carbocycles. The normalized spacial score (nSPS) is 20.5. The zero-order chi connectivity index (χ0) is 23.5. The van der Waals surface area contributed by atoms with Gasteiger partial charge in [0, 0.05) is 23.9 Å². The lowest BCUT2D eigenvalue weighted by molar-refractivity contribution is -0.207. The first-order valence-corrected chi connectivity index (χ1v) is 10.7. The molecule has 12 heteroatoms. The Morgan fingerprint density at radius 3 is 2.84 bits per heavy atom. The van der Waals surface area contributed by atoms with Crippen molar-refractivity contribution < 1.29 is 27.5 Å². The van der Waals surface area contributed by atoms with E-state index in [0.717, 1.165) is 22.7 Å². The van der Waals surface area contributed by atoms with Gasteiger partial charge < -0.3 is 10.0 Å². The van der Waals surface area contributed by atoms with Gasteiger partial charge in [-0.25, -0.2) is 15.2 Å². The number of carbonyl (C=O) groups is 1. The number of thiazole rings is 1. The van der Waals surface area contributed by atoms with E-state index in [1.807, 2.05) is 6.92 Å². The molecule has 0 aliphatic carbocycles. The standard InChI is InChI=1S/C20H23F4N5O2S/c1-12-6-7-13(18-27-15(11-32-18)17(30)20(22,23)24)10-28(12)19(31)14-4-2-3-5-16(14)29(25)26-9-8-21/h2-5,9,11-13,17,30H,6-8,10,25H2,1H3. The molecule has 0 bridgehead atoms. The molecule has 7 nitrogen and oxygen atoms in total. The lowest BCUT2D eigenvalue weighted by Crippen LogP contribution is -2.45. The summed E-state index contributed by atoms with van der Waals surface area (Å²) in [5.41, 5.74) is 0.121. The van der Waals surface area contributed by atoms with E-state index < -0.39 is 24.6 Å². The number of anilines is 1. The number of amides is 1. The topological polar surface area (TPSA) is 95.1 Å². The van der Waals surface area contributed by atoms with Crippen LogP contribution in [0.4, 0.5) is 23.2 Å². The summed E-state index contributed by atoms with van der Waals surface area (Å²) < 4.78 is 50.8. The smallest absolute Gasteiger partial charge is 0.378 e. The maximum atomic E-state index is 13.3. The number of nitrogens with zero attached hydrogens (tertiary/aromatic N) is 4. The monoisotopic (exact) mass is 473 g/mol. The summed E-state index contributed by atoms with van der Waals surface area (Å²) >= 11 is 1.04. The van der Waals surface area contributed by atoms with Crippen LogP contribution in [0.5, 0.6) is 0 Å². The predicted octanol–water partition coefficient (Wildman–Crippen LogP) is 3.78. The van der Waals surface area contributed by atoms with E-state index >= 15 is 0 Å². The number of hydrogen-bond acceptors (Lipinski definition) is 7. The van der Waals surface area contributed by atoms with Crippen LogP contribution in [0.3, 0.4) is 0 Å². The molecule has 3 N–H and O–H groups in total. The van der Waals surface area contributed by atoms with Crippen molar-refractivity contribution in [1.29, 1.82) is 0 Å². The average Bonchev–Trinajstić information content (AvgIpc) is 3.26. The Balaban J connectivity index is 1.82. The summed E-state index contributed by atoms with van der Waals surface area (Å²) in [6, 6.07) is 6.39. The van der Waals surface area contributed by atoms with Gasteiger partial charge in [-0.05, 0) is 31.9 Å². The summed E-state index contributed by atoms with van der Waals surface area (Å²) in [7, 11) is 0.